The van der Waals surface area contributed by atoms with Crippen molar-refractivity contribution in [3.8, 4) is 0 Å². The Kier molecular flexibility index (Phi) is 7.10. The van der Waals surface area contributed by atoms with Gasteiger partial charge in [0.15, 0.2) is 0 Å². The monoisotopic (exact) mass is 482 g/mol. The molecule has 0 aliphatic carbocycles. The number of benzene rings is 2. The van der Waals surface area contributed by atoms with E-state index in [0.29, 0.717) is 44.8 Å². The standard InChI is InChI=1S/C27H29F3N4O/c1-18-8-10-21(11-9-18)16-24-19(2)31-20(3)32-25(24)33-12-5-13-34(15-14-33)26(35)22-6-4-7-23(17-22)27(28,29)30/h4,6-11,17H,5,12-16H2,1-3H3. The zero-order chi connectivity index (χ0) is 25.2. The fourth-order valence-corrected chi connectivity index (χ4v) is 4.44. The van der Waals surface area contributed by atoms with Crippen molar-refractivity contribution in [3.63, 3.8) is 0 Å². The predicted molar refractivity (Wildman–Crippen MR) is 130 cm³/mol. The Morgan fingerprint density at radius 3 is 2.40 bits per heavy atom. The Labute approximate surface area is 203 Å². The third kappa shape index (κ3) is 5.81. The van der Waals surface area contributed by atoms with E-state index in [4.69, 9.17) is 4.98 Å². The van der Waals surface area contributed by atoms with Crippen LogP contribution in [-0.2, 0) is 12.6 Å². The van der Waals surface area contributed by atoms with Gasteiger partial charge in [-0.25, -0.2) is 9.97 Å². The molecule has 1 aliphatic heterocycles. The van der Waals surface area contributed by atoms with Crippen LogP contribution in [-0.4, -0.2) is 47.0 Å². The lowest BCUT2D eigenvalue weighted by atomic mass is 10.0. The first-order valence-electron chi connectivity index (χ1n) is 11.7. The summed E-state index contributed by atoms with van der Waals surface area (Å²) in [6.07, 6.45) is -3.09. The summed E-state index contributed by atoms with van der Waals surface area (Å²) in [6, 6.07) is 13.0. The van der Waals surface area contributed by atoms with Gasteiger partial charge in [-0.05, 0) is 51.0 Å². The molecule has 0 saturated carbocycles. The highest BCUT2D eigenvalue weighted by Gasteiger charge is 2.31. The number of anilines is 1. The van der Waals surface area contributed by atoms with Crippen molar-refractivity contribution in [1.29, 1.82) is 0 Å². The summed E-state index contributed by atoms with van der Waals surface area (Å²) in [5.41, 5.74) is 3.59. The smallest absolute Gasteiger partial charge is 0.354 e. The number of amides is 1. The van der Waals surface area contributed by atoms with Gasteiger partial charge in [0.1, 0.15) is 11.6 Å². The number of hydrogen-bond acceptors (Lipinski definition) is 4. The van der Waals surface area contributed by atoms with Crippen molar-refractivity contribution in [3.05, 3.63) is 87.9 Å². The molecule has 0 atom stereocenters. The quantitative estimate of drug-likeness (QED) is 0.502. The zero-order valence-corrected chi connectivity index (χ0v) is 20.2. The van der Waals surface area contributed by atoms with Gasteiger partial charge in [0.25, 0.3) is 5.91 Å². The second-order valence-corrected chi connectivity index (χ2v) is 9.03. The van der Waals surface area contributed by atoms with Crippen LogP contribution in [0.25, 0.3) is 0 Å². The predicted octanol–water partition coefficient (Wildman–Crippen LogP) is 5.36. The summed E-state index contributed by atoms with van der Waals surface area (Å²) in [4.78, 5) is 26.2. The maximum Gasteiger partial charge on any atom is 0.416 e. The number of aromatic nitrogens is 2. The second kappa shape index (κ2) is 10.1. The first kappa shape index (κ1) is 24.7. The average Bonchev–Trinajstić information content (AvgIpc) is 3.07. The molecule has 1 aromatic heterocycles. The number of rotatable bonds is 4. The van der Waals surface area contributed by atoms with E-state index in [2.05, 4.69) is 41.1 Å². The summed E-state index contributed by atoms with van der Waals surface area (Å²) >= 11 is 0. The third-order valence-electron chi connectivity index (χ3n) is 6.32. The van der Waals surface area contributed by atoms with Gasteiger partial charge >= 0.3 is 6.18 Å². The third-order valence-corrected chi connectivity index (χ3v) is 6.32. The molecular formula is C27H29F3N4O. The molecule has 35 heavy (non-hydrogen) atoms. The molecule has 0 N–H and O–H groups in total. The molecule has 3 aromatic rings. The molecule has 1 aliphatic rings. The minimum absolute atomic E-state index is 0.0575. The molecular weight excluding hydrogens is 453 g/mol. The Morgan fingerprint density at radius 2 is 1.69 bits per heavy atom. The number of halogens is 3. The lowest BCUT2D eigenvalue weighted by Crippen LogP contribution is -2.36. The minimum atomic E-state index is -4.48. The maximum atomic E-state index is 13.1. The lowest BCUT2D eigenvalue weighted by Gasteiger charge is -2.26. The molecule has 1 amide bonds. The van der Waals surface area contributed by atoms with E-state index in [1.807, 2.05) is 13.8 Å². The van der Waals surface area contributed by atoms with E-state index >= 15 is 0 Å². The fraction of sp³-hybridized carbons (Fsp3) is 0.370. The largest absolute Gasteiger partial charge is 0.416 e. The van der Waals surface area contributed by atoms with Gasteiger partial charge in [-0.15, -0.1) is 0 Å². The van der Waals surface area contributed by atoms with Crippen LogP contribution in [0, 0.1) is 20.8 Å². The SMILES string of the molecule is Cc1ccc(Cc2c(C)nc(C)nc2N2CCCN(C(=O)c3cccc(C(F)(F)F)c3)CC2)cc1. The van der Waals surface area contributed by atoms with Crippen LogP contribution in [0.3, 0.4) is 0 Å². The number of aryl methyl sites for hydroxylation is 3. The van der Waals surface area contributed by atoms with Gasteiger partial charge in [-0.3, -0.25) is 4.79 Å². The Bertz CT molecular complexity index is 1210. The van der Waals surface area contributed by atoms with E-state index in [1.165, 1.54) is 23.3 Å². The molecule has 1 saturated heterocycles. The van der Waals surface area contributed by atoms with Crippen LogP contribution in [0.5, 0.6) is 0 Å². The van der Waals surface area contributed by atoms with E-state index in [1.54, 1.807) is 4.90 Å². The van der Waals surface area contributed by atoms with Crippen molar-refractivity contribution in [1.82, 2.24) is 14.9 Å². The Hall–Kier alpha value is -3.42. The number of carbonyl (C=O) groups excluding carboxylic acids is 1. The summed E-state index contributed by atoms with van der Waals surface area (Å²) in [5.74, 6) is 1.17. The molecule has 184 valence electrons. The van der Waals surface area contributed by atoms with Crippen molar-refractivity contribution in [2.75, 3.05) is 31.1 Å². The van der Waals surface area contributed by atoms with Gasteiger partial charge in [-0.2, -0.15) is 13.2 Å². The molecule has 0 unspecified atom stereocenters. The van der Waals surface area contributed by atoms with Gasteiger partial charge in [0.2, 0.25) is 0 Å². The number of nitrogens with zero attached hydrogens (tertiary/aromatic N) is 4. The van der Waals surface area contributed by atoms with Crippen molar-refractivity contribution in [2.45, 2.75) is 39.8 Å². The van der Waals surface area contributed by atoms with Crippen molar-refractivity contribution >= 4 is 11.7 Å². The van der Waals surface area contributed by atoms with E-state index in [-0.39, 0.29) is 11.5 Å². The first-order chi connectivity index (χ1) is 16.6. The van der Waals surface area contributed by atoms with Crippen molar-refractivity contribution in [2.24, 2.45) is 0 Å². The molecule has 0 radical (unpaired) electrons. The van der Waals surface area contributed by atoms with Gasteiger partial charge < -0.3 is 9.80 Å². The van der Waals surface area contributed by atoms with E-state index < -0.39 is 11.7 Å². The normalized spacial score (nSPS) is 14.7. The summed E-state index contributed by atoms with van der Waals surface area (Å²) in [5, 5.41) is 0. The average molecular weight is 483 g/mol. The summed E-state index contributed by atoms with van der Waals surface area (Å²) in [6.45, 7) is 8.03. The van der Waals surface area contributed by atoms with Crippen LogP contribution in [0.2, 0.25) is 0 Å². The molecule has 1 fully saturated rings. The molecule has 4 rings (SSSR count). The number of alkyl halides is 3. The Balaban J connectivity index is 1.54. The topological polar surface area (TPSA) is 49.3 Å². The van der Waals surface area contributed by atoms with Crippen LogP contribution in [0.1, 0.15) is 50.6 Å². The van der Waals surface area contributed by atoms with Gasteiger partial charge in [0, 0.05) is 49.4 Å². The molecule has 5 nitrogen and oxygen atoms in total. The highest BCUT2D eigenvalue weighted by molar-refractivity contribution is 5.94. The second-order valence-electron chi connectivity index (χ2n) is 9.03. The number of carbonyl (C=O) groups is 1. The highest BCUT2D eigenvalue weighted by atomic mass is 19.4. The lowest BCUT2D eigenvalue weighted by molar-refractivity contribution is -0.137. The minimum Gasteiger partial charge on any atom is -0.354 e. The molecule has 2 heterocycles. The highest BCUT2D eigenvalue weighted by Crippen LogP contribution is 2.30. The van der Waals surface area contributed by atoms with Gasteiger partial charge in [0.05, 0.1) is 5.56 Å². The Morgan fingerprint density at radius 1 is 0.943 bits per heavy atom. The van der Waals surface area contributed by atoms with Crippen LogP contribution >= 0.6 is 0 Å². The zero-order valence-electron chi connectivity index (χ0n) is 20.2. The van der Waals surface area contributed by atoms with Crippen LogP contribution in [0.15, 0.2) is 48.5 Å². The fourth-order valence-electron chi connectivity index (χ4n) is 4.44. The van der Waals surface area contributed by atoms with E-state index in [9.17, 15) is 18.0 Å². The van der Waals surface area contributed by atoms with Crippen LogP contribution in [0.4, 0.5) is 19.0 Å². The van der Waals surface area contributed by atoms with Crippen LogP contribution < -0.4 is 4.90 Å². The molecule has 0 bridgehead atoms. The van der Waals surface area contributed by atoms with Crippen molar-refractivity contribution < 1.29 is 18.0 Å². The summed E-state index contributed by atoms with van der Waals surface area (Å²) in [7, 11) is 0. The molecule has 2 aromatic carbocycles. The summed E-state index contributed by atoms with van der Waals surface area (Å²) < 4.78 is 39.3. The first-order valence-corrected chi connectivity index (χ1v) is 11.7. The maximum absolute atomic E-state index is 13.1. The number of hydrogen-bond donors (Lipinski definition) is 0. The van der Waals surface area contributed by atoms with Gasteiger partial charge in [-0.1, -0.05) is 35.9 Å². The molecule has 0 spiro atoms. The molecule has 8 heteroatoms. The van der Waals surface area contributed by atoms with E-state index in [0.717, 1.165) is 29.2 Å².